The summed E-state index contributed by atoms with van der Waals surface area (Å²) in [5, 5.41) is 3.45. The lowest BCUT2D eigenvalue weighted by atomic mass is 10.2. The number of aryl methyl sites for hydroxylation is 1. The Bertz CT molecular complexity index is 526. The van der Waals surface area contributed by atoms with Gasteiger partial charge in [0.15, 0.2) is 5.82 Å². The number of halogens is 1. The maximum absolute atomic E-state index is 5.99. The van der Waals surface area contributed by atoms with Crippen LogP contribution in [0.15, 0.2) is 22.9 Å². The maximum atomic E-state index is 5.99. The van der Waals surface area contributed by atoms with E-state index in [1.54, 1.807) is 0 Å². The van der Waals surface area contributed by atoms with Gasteiger partial charge in [-0.15, -0.1) is 0 Å². The third kappa shape index (κ3) is 2.50. The zero-order valence-electron chi connectivity index (χ0n) is 9.57. The summed E-state index contributed by atoms with van der Waals surface area (Å²) in [5.41, 5.74) is 5.59. The standard InChI is InChI=1S/C11H13ClN4O/c1-6-3-4-8(17-6)7(2)16-11-9(12)10(13)14-5-15-11/h3-5,7H,1-2H3,(H3,13,14,15,16). The van der Waals surface area contributed by atoms with Gasteiger partial charge in [-0.3, -0.25) is 0 Å². The van der Waals surface area contributed by atoms with E-state index in [-0.39, 0.29) is 11.9 Å². The highest BCUT2D eigenvalue weighted by Crippen LogP contribution is 2.27. The normalized spacial score (nSPS) is 12.4. The smallest absolute Gasteiger partial charge is 0.151 e. The molecule has 1 unspecified atom stereocenters. The van der Waals surface area contributed by atoms with Crippen molar-refractivity contribution in [2.45, 2.75) is 19.9 Å². The van der Waals surface area contributed by atoms with Gasteiger partial charge in [-0.25, -0.2) is 9.97 Å². The second-order valence-corrected chi connectivity index (χ2v) is 4.11. The number of rotatable bonds is 3. The van der Waals surface area contributed by atoms with Crippen LogP contribution in [-0.4, -0.2) is 9.97 Å². The van der Waals surface area contributed by atoms with Crippen molar-refractivity contribution in [3.63, 3.8) is 0 Å². The number of nitrogens with two attached hydrogens (primary N) is 1. The molecule has 1 atom stereocenters. The molecule has 3 N–H and O–H groups in total. The summed E-state index contributed by atoms with van der Waals surface area (Å²) in [5.74, 6) is 2.44. The lowest BCUT2D eigenvalue weighted by Gasteiger charge is -2.13. The monoisotopic (exact) mass is 252 g/mol. The zero-order chi connectivity index (χ0) is 12.4. The second-order valence-electron chi connectivity index (χ2n) is 3.74. The van der Waals surface area contributed by atoms with E-state index in [1.165, 1.54) is 6.33 Å². The van der Waals surface area contributed by atoms with E-state index in [0.29, 0.717) is 10.8 Å². The Morgan fingerprint density at radius 2 is 2.18 bits per heavy atom. The van der Waals surface area contributed by atoms with E-state index in [9.17, 15) is 0 Å². The third-order valence-electron chi connectivity index (χ3n) is 2.36. The van der Waals surface area contributed by atoms with Crippen LogP contribution in [0.1, 0.15) is 24.5 Å². The molecule has 90 valence electrons. The average Bonchev–Trinajstić information content (AvgIpc) is 2.72. The van der Waals surface area contributed by atoms with Gasteiger partial charge in [0.2, 0.25) is 0 Å². The Kier molecular flexibility index (Phi) is 3.19. The minimum absolute atomic E-state index is 0.0458. The van der Waals surface area contributed by atoms with E-state index >= 15 is 0 Å². The van der Waals surface area contributed by atoms with Gasteiger partial charge < -0.3 is 15.5 Å². The molecule has 17 heavy (non-hydrogen) atoms. The summed E-state index contributed by atoms with van der Waals surface area (Å²) in [6.45, 7) is 3.85. The van der Waals surface area contributed by atoms with Gasteiger partial charge in [0.05, 0.1) is 6.04 Å². The minimum Gasteiger partial charge on any atom is -0.464 e. The summed E-state index contributed by atoms with van der Waals surface area (Å²) >= 11 is 5.99. The van der Waals surface area contributed by atoms with Crippen LogP contribution in [0, 0.1) is 6.92 Å². The van der Waals surface area contributed by atoms with Gasteiger partial charge in [-0.2, -0.15) is 0 Å². The van der Waals surface area contributed by atoms with Crippen LogP contribution < -0.4 is 11.1 Å². The van der Waals surface area contributed by atoms with Crippen molar-refractivity contribution < 1.29 is 4.42 Å². The third-order valence-corrected chi connectivity index (χ3v) is 2.73. The molecule has 2 heterocycles. The van der Waals surface area contributed by atoms with E-state index in [4.69, 9.17) is 21.8 Å². The highest BCUT2D eigenvalue weighted by molar-refractivity contribution is 6.35. The Balaban J connectivity index is 2.18. The molecular weight excluding hydrogens is 240 g/mol. The largest absolute Gasteiger partial charge is 0.464 e. The number of nitrogens with zero attached hydrogens (tertiary/aromatic N) is 2. The summed E-state index contributed by atoms with van der Waals surface area (Å²) in [6, 6.07) is 3.77. The topological polar surface area (TPSA) is 77.0 Å². The van der Waals surface area contributed by atoms with Gasteiger partial charge in [0.1, 0.15) is 28.7 Å². The minimum atomic E-state index is -0.0458. The number of nitrogens with one attached hydrogen (secondary N) is 1. The van der Waals surface area contributed by atoms with Gasteiger partial charge >= 0.3 is 0 Å². The van der Waals surface area contributed by atoms with Gasteiger partial charge in [0, 0.05) is 0 Å². The van der Waals surface area contributed by atoms with Crippen molar-refractivity contribution in [2.75, 3.05) is 11.1 Å². The first-order chi connectivity index (χ1) is 8.08. The second kappa shape index (κ2) is 4.63. The van der Waals surface area contributed by atoms with E-state index < -0.39 is 0 Å². The molecule has 0 aliphatic rings. The van der Waals surface area contributed by atoms with Crippen molar-refractivity contribution >= 4 is 23.2 Å². The molecule has 0 radical (unpaired) electrons. The van der Waals surface area contributed by atoms with Crippen LogP contribution in [0.2, 0.25) is 5.02 Å². The molecule has 0 saturated carbocycles. The summed E-state index contributed by atoms with van der Waals surface area (Å²) in [4.78, 5) is 7.83. The molecule has 0 aliphatic carbocycles. The molecule has 0 amide bonds. The Morgan fingerprint density at radius 3 is 2.82 bits per heavy atom. The lowest BCUT2D eigenvalue weighted by molar-refractivity contribution is 0.466. The van der Waals surface area contributed by atoms with Crippen LogP contribution in [0.25, 0.3) is 0 Å². The molecular formula is C11H13ClN4O. The molecule has 2 rings (SSSR count). The SMILES string of the molecule is Cc1ccc(C(C)Nc2ncnc(N)c2Cl)o1. The summed E-state index contributed by atoms with van der Waals surface area (Å²) in [6.07, 6.45) is 1.36. The fourth-order valence-corrected chi connectivity index (χ4v) is 1.60. The predicted octanol–water partition coefficient (Wildman–Crippen LogP) is 2.79. The van der Waals surface area contributed by atoms with Crippen LogP contribution in [-0.2, 0) is 0 Å². The first kappa shape index (κ1) is 11.7. The molecule has 5 nitrogen and oxygen atoms in total. The highest BCUT2D eigenvalue weighted by atomic mass is 35.5. The zero-order valence-corrected chi connectivity index (χ0v) is 10.3. The van der Waals surface area contributed by atoms with Crippen LogP contribution in [0.3, 0.4) is 0 Å². The number of aromatic nitrogens is 2. The van der Waals surface area contributed by atoms with Crippen LogP contribution >= 0.6 is 11.6 Å². The number of nitrogen functional groups attached to an aromatic ring is 1. The Labute approximate surface area is 104 Å². The maximum Gasteiger partial charge on any atom is 0.151 e. The number of hydrogen-bond acceptors (Lipinski definition) is 5. The van der Waals surface area contributed by atoms with E-state index in [1.807, 2.05) is 26.0 Å². The highest BCUT2D eigenvalue weighted by Gasteiger charge is 2.13. The van der Waals surface area contributed by atoms with Crippen molar-refractivity contribution in [1.29, 1.82) is 0 Å². The molecule has 0 saturated heterocycles. The first-order valence-corrected chi connectivity index (χ1v) is 5.54. The fraction of sp³-hybridized carbons (Fsp3) is 0.273. The molecule has 2 aromatic heterocycles. The van der Waals surface area contributed by atoms with Gasteiger partial charge in [-0.05, 0) is 26.0 Å². The Hall–Kier alpha value is -1.75. The van der Waals surface area contributed by atoms with E-state index in [2.05, 4.69) is 15.3 Å². The lowest BCUT2D eigenvalue weighted by Crippen LogP contribution is -2.08. The van der Waals surface area contributed by atoms with Crippen molar-refractivity contribution in [1.82, 2.24) is 9.97 Å². The molecule has 0 aliphatic heterocycles. The molecule has 0 bridgehead atoms. The molecule has 2 aromatic rings. The Morgan fingerprint density at radius 1 is 1.41 bits per heavy atom. The predicted molar refractivity (Wildman–Crippen MR) is 66.9 cm³/mol. The molecule has 0 fully saturated rings. The van der Waals surface area contributed by atoms with Crippen LogP contribution in [0.4, 0.5) is 11.6 Å². The van der Waals surface area contributed by atoms with Gasteiger partial charge in [-0.1, -0.05) is 11.6 Å². The number of hydrogen-bond donors (Lipinski definition) is 2. The molecule has 6 heteroatoms. The van der Waals surface area contributed by atoms with Crippen molar-refractivity contribution in [2.24, 2.45) is 0 Å². The average molecular weight is 253 g/mol. The van der Waals surface area contributed by atoms with E-state index in [0.717, 1.165) is 11.5 Å². The van der Waals surface area contributed by atoms with Crippen molar-refractivity contribution in [3.8, 4) is 0 Å². The quantitative estimate of drug-likeness (QED) is 0.878. The molecule has 0 spiro atoms. The molecule has 0 aromatic carbocycles. The number of anilines is 2. The fourth-order valence-electron chi connectivity index (χ4n) is 1.45. The number of furan rings is 1. The summed E-state index contributed by atoms with van der Waals surface area (Å²) in [7, 11) is 0. The summed E-state index contributed by atoms with van der Waals surface area (Å²) < 4.78 is 5.51. The van der Waals surface area contributed by atoms with Gasteiger partial charge in [0.25, 0.3) is 0 Å². The van der Waals surface area contributed by atoms with Crippen molar-refractivity contribution in [3.05, 3.63) is 35.0 Å². The first-order valence-electron chi connectivity index (χ1n) is 5.16. The van der Waals surface area contributed by atoms with Crippen LogP contribution in [0.5, 0.6) is 0 Å².